The fraction of sp³-hybridized carbons (Fsp3) is 0.889. The average Bonchev–Trinajstić information content (AvgIpc) is 3.11. The Balaban J connectivity index is 1.49. The van der Waals surface area contributed by atoms with Gasteiger partial charge in [-0.2, -0.15) is 0 Å². The minimum Gasteiger partial charge on any atom is -0.511 e. The fourth-order valence-electron chi connectivity index (χ4n) is 8.98. The highest BCUT2D eigenvalue weighted by Gasteiger charge is 2.65. The van der Waals surface area contributed by atoms with E-state index in [1.165, 1.54) is 0 Å². The molecule has 0 heterocycles. The molecule has 4 rings (SSSR count). The normalized spacial score (nSPS) is 47.7. The number of carbonyl (C=O) groups excluding carboxylic acids is 1. The van der Waals surface area contributed by atoms with E-state index in [0.29, 0.717) is 36.0 Å². The summed E-state index contributed by atoms with van der Waals surface area (Å²) in [5.74, 6) is 1.64. The summed E-state index contributed by atoms with van der Waals surface area (Å²) < 4.78 is 0. The lowest BCUT2D eigenvalue weighted by atomic mass is 9.43. The van der Waals surface area contributed by atoms with Gasteiger partial charge in [0.1, 0.15) is 5.76 Å². The summed E-state index contributed by atoms with van der Waals surface area (Å²) in [6, 6.07) is 0. The molecule has 188 valence electrons. The highest BCUT2D eigenvalue weighted by molar-refractivity contribution is 5.76. The molecule has 1 amide bonds. The van der Waals surface area contributed by atoms with E-state index >= 15 is 0 Å². The Morgan fingerprint density at radius 1 is 1.09 bits per heavy atom. The second-order valence-corrected chi connectivity index (χ2v) is 12.4. The molecule has 0 saturated heterocycles. The Bertz CT molecular complexity index is 757. The number of fused-ring (bicyclic) bond motifs is 5. The van der Waals surface area contributed by atoms with E-state index in [1.807, 2.05) is 0 Å². The second-order valence-electron chi connectivity index (χ2n) is 12.4. The first kappa shape index (κ1) is 25.0. The van der Waals surface area contributed by atoms with E-state index in [-0.39, 0.29) is 47.2 Å². The van der Waals surface area contributed by atoms with E-state index in [9.17, 15) is 25.2 Å². The van der Waals surface area contributed by atoms with Crippen molar-refractivity contribution in [2.45, 2.75) is 96.9 Å². The van der Waals surface area contributed by atoms with Crippen molar-refractivity contribution in [3.8, 4) is 0 Å². The van der Waals surface area contributed by atoms with Gasteiger partial charge in [0.15, 0.2) is 0 Å². The van der Waals surface area contributed by atoms with Gasteiger partial charge in [-0.1, -0.05) is 27.4 Å². The molecular weight excluding hydrogens is 418 g/mol. The van der Waals surface area contributed by atoms with Crippen LogP contribution in [0.3, 0.4) is 0 Å². The van der Waals surface area contributed by atoms with E-state index < -0.39 is 6.10 Å². The van der Waals surface area contributed by atoms with Gasteiger partial charge in [0, 0.05) is 6.42 Å². The fourth-order valence-corrected chi connectivity index (χ4v) is 8.98. The van der Waals surface area contributed by atoms with Crippen LogP contribution in [0.2, 0.25) is 0 Å². The number of hydrogen-bond acceptors (Lipinski definition) is 5. The van der Waals surface area contributed by atoms with Crippen LogP contribution in [-0.2, 0) is 4.79 Å². The lowest BCUT2D eigenvalue weighted by molar-refractivity contribution is -0.207. The molecule has 4 aliphatic rings. The summed E-state index contributed by atoms with van der Waals surface area (Å²) in [7, 11) is 0. The van der Waals surface area contributed by atoms with Crippen LogP contribution < -0.4 is 5.32 Å². The zero-order valence-electron chi connectivity index (χ0n) is 20.7. The molecule has 4 saturated carbocycles. The highest BCUT2D eigenvalue weighted by atomic mass is 16.3. The molecule has 0 aliphatic heterocycles. The summed E-state index contributed by atoms with van der Waals surface area (Å²) >= 11 is 0. The molecule has 0 aromatic heterocycles. The molecule has 6 heteroatoms. The van der Waals surface area contributed by atoms with Gasteiger partial charge in [0.05, 0.1) is 24.9 Å². The molecule has 0 bridgehead atoms. The Kier molecular flexibility index (Phi) is 6.94. The molecule has 5 N–H and O–H groups in total. The molecule has 6 nitrogen and oxygen atoms in total. The third kappa shape index (κ3) is 4.25. The number of aliphatic hydroxyl groups excluding tert-OH is 4. The minimum absolute atomic E-state index is 0.0446. The molecule has 11 atom stereocenters. The van der Waals surface area contributed by atoms with Crippen molar-refractivity contribution in [2.75, 3.05) is 6.54 Å². The second kappa shape index (κ2) is 9.16. The SMILES string of the molecule is C=C(O)CNC(=O)CC[C@@H](C)[C@H]1CC[C@H]2[C@@H]3[C@H](O)C[C@@H]4C[C@H](O)CC[C@]4(C)[C@H]3C[C@H](O)[C@]12C. The largest absolute Gasteiger partial charge is 0.511 e. The third-order valence-corrected chi connectivity index (χ3v) is 10.8. The minimum atomic E-state index is -0.403. The van der Waals surface area contributed by atoms with Crippen LogP contribution in [0.4, 0.5) is 0 Å². The number of nitrogens with one attached hydrogen (secondary N) is 1. The first-order chi connectivity index (χ1) is 15.5. The van der Waals surface area contributed by atoms with Crippen molar-refractivity contribution in [3.05, 3.63) is 12.3 Å². The van der Waals surface area contributed by atoms with E-state index in [2.05, 4.69) is 32.7 Å². The Hall–Kier alpha value is -1.11. The lowest BCUT2D eigenvalue weighted by Crippen LogP contribution is -2.62. The summed E-state index contributed by atoms with van der Waals surface area (Å²) in [5, 5.41) is 45.1. The molecule has 33 heavy (non-hydrogen) atoms. The summed E-state index contributed by atoms with van der Waals surface area (Å²) in [4.78, 5) is 12.2. The van der Waals surface area contributed by atoms with Crippen molar-refractivity contribution in [3.63, 3.8) is 0 Å². The van der Waals surface area contributed by atoms with Crippen LogP contribution in [0, 0.1) is 46.3 Å². The monoisotopic (exact) mass is 463 g/mol. The van der Waals surface area contributed by atoms with Crippen molar-refractivity contribution in [1.29, 1.82) is 0 Å². The van der Waals surface area contributed by atoms with Gasteiger partial charge >= 0.3 is 0 Å². The smallest absolute Gasteiger partial charge is 0.220 e. The predicted octanol–water partition coefficient (Wildman–Crippen LogP) is 3.55. The van der Waals surface area contributed by atoms with Crippen LogP contribution in [-0.4, -0.2) is 51.2 Å². The molecule has 0 aromatic carbocycles. The molecule has 4 fully saturated rings. The predicted molar refractivity (Wildman–Crippen MR) is 127 cm³/mol. The molecule has 0 spiro atoms. The maximum atomic E-state index is 12.2. The Labute approximate surface area is 198 Å². The van der Waals surface area contributed by atoms with Gasteiger partial charge in [-0.3, -0.25) is 4.79 Å². The maximum absolute atomic E-state index is 12.2. The van der Waals surface area contributed by atoms with Crippen LogP contribution in [0.15, 0.2) is 12.3 Å². The topological polar surface area (TPSA) is 110 Å². The molecule has 0 radical (unpaired) electrons. The van der Waals surface area contributed by atoms with Crippen LogP contribution >= 0.6 is 0 Å². The van der Waals surface area contributed by atoms with Gasteiger partial charge in [0.25, 0.3) is 0 Å². The average molecular weight is 464 g/mol. The molecule has 0 unspecified atom stereocenters. The number of amides is 1. The van der Waals surface area contributed by atoms with E-state index in [4.69, 9.17) is 0 Å². The summed E-state index contributed by atoms with van der Waals surface area (Å²) in [5.41, 5.74) is -0.154. The van der Waals surface area contributed by atoms with Crippen LogP contribution in [0.5, 0.6) is 0 Å². The van der Waals surface area contributed by atoms with Gasteiger partial charge in [0.2, 0.25) is 5.91 Å². The molecular formula is C27H45NO5. The Morgan fingerprint density at radius 3 is 2.52 bits per heavy atom. The number of aliphatic hydroxyl groups is 4. The van der Waals surface area contributed by atoms with Gasteiger partial charge in [-0.05, 0) is 97.7 Å². The van der Waals surface area contributed by atoms with E-state index in [1.54, 1.807) is 0 Å². The van der Waals surface area contributed by atoms with Crippen molar-refractivity contribution in [2.24, 2.45) is 46.3 Å². The highest BCUT2D eigenvalue weighted by Crippen LogP contribution is 2.68. The molecule has 0 aromatic rings. The zero-order chi connectivity index (χ0) is 24.1. The number of carbonyl (C=O) groups is 1. The van der Waals surface area contributed by atoms with Gasteiger partial charge < -0.3 is 25.7 Å². The zero-order valence-corrected chi connectivity index (χ0v) is 20.7. The van der Waals surface area contributed by atoms with Gasteiger partial charge in [-0.25, -0.2) is 0 Å². The first-order valence-electron chi connectivity index (χ1n) is 13.2. The quantitative estimate of drug-likeness (QED) is 0.387. The molecule has 4 aliphatic carbocycles. The standard InChI is InChI=1S/C27H45NO5/c1-15(5-8-24(33)28-14-16(2)29)19-6-7-20-25-21(13-23(32)27(19,20)4)26(3)10-9-18(30)11-17(26)12-22(25)31/h15,17-23,25,29-32H,2,5-14H2,1,3-4H3,(H,28,33)/t15-,17+,18-,19-,20+,21+,22-,23+,25+,26+,27-/m1/s1. The van der Waals surface area contributed by atoms with E-state index in [0.717, 1.165) is 51.4 Å². The van der Waals surface area contributed by atoms with Crippen LogP contribution in [0.1, 0.15) is 78.6 Å². The number of rotatable bonds is 6. The Morgan fingerprint density at radius 2 is 1.82 bits per heavy atom. The van der Waals surface area contributed by atoms with Crippen molar-refractivity contribution in [1.82, 2.24) is 5.32 Å². The third-order valence-electron chi connectivity index (χ3n) is 10.8. The number of hydrogen-bond donors (Lipinski definition) is 5. The van der Waals surface area contributed by atoms with Crippen LogP contribution in [0.25, 0.3) is 0 Å². The lowest BCUT2D eigenvalue weighted by Gasteiger charge is -2.63. The first-order valence-corrected chi connectivity index (χ1v) is 13.2. The van der Waals surface area contributed by atoms with Crippen molar-refractivity contribution < 1.29 is 25.2 Å². The summed E-state index contributed by atoms with van der Waals surface area (Å²) in [6.07, 6.45) is 6.29. The van der Waals surface area contributed by atoms with Gasteiger partial charge in [-0.15, -0.1) is 0 Å². The summed E-state index contributed by atoms with van der Waals surface area (Å²) in [6.45, 7) is 10.3. The van der Waals surface area contributed by atoms with Crippen molar-refractivity contribution >= 4 is 5.91 Å². The maximum Gasteiger partial charge on any atom is 0.220 e.